The van der Waals surface area contributed by atoms with Crippen molar-refractivity contribution in [3.05, 3.63) is 35.6 Å². The fourth-order valence-electron chi connectivity index (χ4n) is 2.32. The van der Waals surface area contributed by atoms with E-state index in [1.54, 1.807) is 19.2 Å². The van der Waals surface area contributed by atoms with Gasteiger partial charge in [-0.25, -0.2) is 4.39 Å². The molecule has 1 aliphatic rings. The Bertz CT molecular complexity index is 472. The molecule has 1 fully saturated rings. The van der Waals surface area contributed by atoms with E-state index in [-0.39, 0.29) is 30.6 Å². The average molecular weight is 251 g/mol. The molecule has 0 radical (unpaired) electrons. The lowest BCUT2D eigenvalue weighted by atomic mass is 9.80. The highest BCUT2D eigenvalue weighted by atomic mass is 19.1. The molecule has 1 amide bonds. The number of carbonyl (C=O) groups excluding carboxylic acids is 1. The Morgan fingerprint density at radius 3 is 2.56 bits per heavy atom. The molecule has 0 bridgehead atoms. The molecule has 0 saturated carbocycles. The van der Waals surface area contributed by atoms with E-state index in [4.69, 9.17) is 0 Å². The number of halogens is 1. The van der Waals surface area contributed by atoms with Crippen molar-refractivity contribution in [1.82, 2.24) is 4.90 Å². The number of benzene rings is 1. The van der Waals surface area contributed by atoms with Gasteiger partial charge in [-0.1, -0.05) is 12.1 Å². The summed E-state index contributed by atoms with van der Waals surface area (Å²) in [6.45, 7) is 0.191. The van der Waals surface area contributed by atoms with Crippen molar-refractivity contribution >= 4 is 11.9 Å². The number of hydrogen-bond acceptors (Lipinski definition) is 2. The van der Waals surface area contributed by atoms with E-state index in [9.17, 15) is 19.1 Å². The first-order chi connectivity index (χ1) is 8.49. The van der Waals surface area contributed by atoms with Crippen LogP contribution in [0.1, 0.15) is 17.9 Å². The number of nitrogens with zero attached hydrogens (tertiary/aromatic N) is 1. The van der Waals surface area contributed by atoms with Gasteiger partial charge < -0.3 is 10.0 Å². The Morgan fingerprint density at radius 1 is 1.39 bits per heavy atom. The highest BCUT2D eigenvalue weighted by Crippen LogP contribution is 2.33. The molecule has 2 atom stereocenters. The lowest BCUT2D eigenvalue weighted by Gasteiger charge is -2.34. The van der Waals surface area contributed by atoms with Gasteiger partial charge >= 0.3 is 5.97 Å². The molecule has 2 unspecified atom stereocenters. The first kappa shape index (κ1) is 12.5. The zero-order chi connectivity index (χ0) is 13.3. The van der Waals surface area contributed by atoms with Crippen molar-refractivity contribution in [3.8, 4) is 0 Å². The van der Waals surface area contributed by atoms with E-state index in [1.165, 1.54) is 17.0 Å². The van der Waals surface area contributed by atoms with Crippen LogP contribution in [0.15, 0.2) is 24.3 Å². The molecule has 4 nitrogen and oxygen atoms in total. The maximum absolute atomic E-state index is 12.9. The third-order valence-electron chi connectivity index (χ3n) is 3.39. The van der Waals surface area contributed by atoms with Crippen LogP contribution >= 0.6 is 0 Å². The molecular formula is C13H14FNO3. The standard InChI is InChI=1S/C13H14FNO3/c1-15-7-11(13(17)18)10(6-12(15)16)8-2-4-9(14)5-3-8/h2-5,10-11H,6-7H2,1H3,(H,17,18). The minimum absolute atomic E-state index is 0.0816. The van der Waals surface area contributed by atoms with Gasteiger partial charge in [0, 0.05) is 25.9 Å². The number of carboxylic acids is 1. The van der Waals surface area contributed by atoms with Crippen molar-refractivity contribution in [2.24, 2.45) is 5.92 Å². The number of amides is 1. The van der Waals surface area contributed by atoms with Gasteiger partial charge in [0.05, 0.1) is 5.92 Å². The van der Waals surface area contributed by atoms with Crippen LogP contribution in [0.4, 0.5) is 4.39 Å². The first-order valence-corrected chi connectivity index (χ1v) is 5.71. The van der Waals surface area contributed by atoms with Crippen LogP contribution < -0.4 is 0 Å². The number of carboxylic acid groups (broad SMARTS) is 1. The summed E-state index contributed by atoms with van der Waals surface area (Å²) in [4.78, 5) is 24.3. The zero-order valence-electron chi connectivity index (χ0n) is 9.97. The second-order valence-corrected chi connectivity index (χ2v) is 4.58. The van der Waals surface area contributed by atoms with Crippen molar-refractivity contribution in [1.29, 1.82) is 0 Å². The molecule has 1 heterocycles. The summed E-state index contributed by atoms with van der Waals surface area (Å²) in [7, 11) is 1.60. The molecule has 0 aromatic heterocycles. The fraction of sp³-hybridized carbons (Fsp3) is 0.385. The molecule has 1 saturated heterocycles. The van der Waals surface area contributed by atoms with Crippen molar-refractivity contribution < 1.29 is 19.1 Å². The number of carbonyl (C=O) groups is 2. The van der Waals surface area contributed by atoms with Crippen molar-refractivity contribution in [2.45, 2.75) is 12.3 Å². The van der Waals surface area contributed by atoms with E-state index in [2.05, 4.69) is 0 Å². The van der Waals surface area contributed by atoms with Crippen molar-refractivity contribution in [3.63, 3.8) is 0 Å². The topological polar surface area (TPSA) is 57.6 Å². The van der Waals surface area contributed by atoms with Gasteiger partial charge in [0.2, 0.25) is 5.91 Å². The monoisotopic (exact) mass is 251 g/mol. The fourth-order valence-corrected chi connectivity index (χ4v) is 2.32. The Kier molecular flexibility index (Phi) is 3.32. The largest absolute Gasteiger partial charge is 0.481 e. The van der Waals surface area contributed by atoms with Crippen LogP contribution in [0.2, 0.25) is 0 Å². The lowest BCUT2D eigenvalue weighted by Crippen LogP contribution is -2.44. The zero-order valence-corrected chi connectivity index (χ0v) is 9.97. The molecule has 0 aliphatic carbocycles. The minimum Gasteiger partial charge on any atom is -0.481 e. The second kappa shape index (κ2) is 4.76. The van der Waals surface area contributed by atoms with Crippen molar-refractivity contribution in [2.75, 3.05) is 13.6 Å². The van der Waals surface area contributed by atoms with Crippen LogP contribution in [-0.4, -0.2) is 35.5 Å². The summed E-state index contributed by atoms with van der Waals surface area (Å²) >= 11 is 0. The quantitative estimate of drug-likeness (QED) is 0.866. The first-order valence-electron chi connectivity index (χ1n) is 5.71. The summed E-state index contributed by atoms with van der Waals surface area (Å²) in [6.07, 6.45) is 0.152. The second-order valence-electron chi connectivity index (χ2n) is 4.58. The molecule has 0 spiro atoms. The predicted molar refractivity (Wildman–Crippen MR) is 62.5 cm³/mol. The Balaban J connectivity index is 2.30. The SMILES string of the molecule is CN1CC(C(=O)O)C(c2ccc(F)cc2)CC1=O. The molecule has 96 valence electrons. The number of likely N-dealkylation sites (tertiary alicyclic amines) is 1. The number of piperidine rings is 1. The molecule has 1 aliphatic heterocycles. The predicted octanol–water partition coefficient (Wildman–Crippen LogP) is 1.47. The van der Waals surface area contributed by atoms with Crippen LogP contribution in [0, 0.1) is 11.7 Å². The van der Waals surface area contributed by atoms with Gasteiger partial charge in [0.15, 0.2) is 0 Å². The van der Waals surface area contributed by atoms with Gasteiger partial charge in [0.1, 0.15) is 5.82 Å². The number of rotatable bonds is 2. The molecule has 2 rings (SSSR count). The Morgan fingerprint density at radius 2 is 2.00 bits per heavy atom. The van der Waals surface area contributed by atoms with E-state index in [0.717, 1.165) is 0 Å². The Hall–Kier alpha value is -1.91. The van der Waals surface area contributed by atoms with Gasteiger partial charge in [-0.05, 0) is 17.7 Å². The summed E-state index contributed by atoms with van der Waals surface area (Å²) in [5.41, 5.74) is 0.699. The maximum atomic E-state index is 12.9. The van der Waals surface area contributed by atoms with Crippen LogP contribution in [-0.2, 0) is 9.59 Å². The van der Waals surface area contributed by atoms with Gasteiger partial charge in [0.25, 0.3) is 0 Å². The third kappa shape index (κ3) is 2.34. The minimum atomic E-state index is -0.927. The van der Waals surface area contributed by atoms with E-state index < -0.39 is 11.9 Å². The smallest absolute Gasteiger partial charge is 0.308 e. The van der Waals surface area contributed by atoms with E-state index in [1.807, 2.05) is 0 Å². The summed E-state index contributed by atoms with van der Waals surface area (Å²) in [6, 6.07) is 5.68. The average Bonchev–Trinajstić information content (AvgIpc) is 2.33. The molecule has 1 aromatic carbocycles. The van der Waals surface area contributed by atoms with Gasteiger partial charge in [-0.15, -0.1) is 0 Å². The molecule has 5 heteroatoms. The van der Waals surface area contributed by atoms with E-state index in [0.29, 0.717) is 5.56 Å². The Labute approximate surface area is 104 Å². The highest BCUT2D eigenvalue weighted by Gasteiger charge is 2.37. The summed E-state index contributed by atoms with van der Waals surface area (Å²) in [5, 5.41) is 9.22. The molecule has 1 aromatic rings. The van der Waals surface area contributed by atoms with Crippen LogP contribution in [0.25, 0.3) is 0 Å². The van der Waals surface area contributed by atoms with Gasteiger partial charge in [-0.2, -0.15) is 0 Å². The third-order valence-corrected chi connectivity index (χ3v) is 3.39. The molecule has 18 heavy (non-hydrogen) atoms. The number of aliphatic carboxylic acids is 1. The maximum Gasteiger partial charge on any atom is 0.308 e. The van der Waals surface area contributed by atoms with Gasteiger partial charge in [-0.3, -0.25) is 9.59 Å². The van der Waals surface area contributed by atoms with Crippen LogP contribution in [0.5, 0.6) is 0 Å². The summed E-state index contributed by atoms with van der Waals surface area (Å²) in [5.74, 6) is -2.40. The number of hydrogen-bond donors (Lipinski definition) is 1. The molecule has 1 N–H and O–H groups in total. The molecular weight excluding hydrogens is 237 g/mol. The van der Waals surface area contributed by atoms with E-state index >= 15 is 0 Å². The van der Waals surface area contributed by atoms with Crippen LogP contribution in [0.3, 0.4) is 0 Å². The highest BCUT2D eigenvalue weighted by molar-refractivity contribution is 5.82. The normalized spacial score (nSPS) is 24.1. The summed E-state index contributed by atoms with van der Waals surface area (Å²) < 4.78 is 12.9. The lowest BCUT2D eigenvalue weighted by molar-refractivity contribution is -0.147.